The predicted octanol–water partition coefficient (Wildman–Crippen LogP) is 2.97. The molecule has 1 amide bonds. The van der Waals surface area contributed by atoms with Gasteiger partial charge in [-0.3, -0.25) is 9.78 Å². The van der Waals surface area contributed by atoms with E-state index in [-0.39, 0.29) is 0 Å². The van der Waals surface area contributed by atoms with Crippen LogP contribution in [0.15, 0.2) is 48.7 Å². The molecular weight excluding hydrogens is 274 g/mol. The summed E-state index contributed by atoms with van der Waals surface area (Å²) in [4.78, 5) is 16.2. The molecule has 3 N–H and O–H groups in total. The Morgan fingerprint density at radius 1 is 1.14 bits per heavy atom. The lowest BCUT2D eigenvalue weighted by Gasteiger charge is -2.10. The van der Waals surface area contributed by atoms with Gasteiger partial charge in [-0.1, -0.05) is 18.2 Å². The van der Waals surface area contributed by atoms with E-state index in [2.05, 4.69) is 22.4 Å². The number of fused-ring (bicyclic) bond motifs is 2. The second-order valence-electron chi connectivity index (χ2n) is 5.52. The molecule has 0 fully saturated rings. The Kier molecular flexibility index (Phi) is 2.82. The van der Waals surface area contributed by atoms with Gasteiger partial charge in [0.1, 0.15) is 0 Å². The van der Waals surface area contributed by atoms with Crippen LogP contribution in [0.25, 0.3) is 22.0 Å². The van der Waals surface area contributed by atoms with Gasteiger partial charge in [-0.25, -0.2) is 0 Å². The minimum atomic E-state index is -0.402. The minimum Gasteiger partial charge on any atom is -0.384 e. The summed E-state index contributed by atoms with van der Waals surface area (Å²) < 4.78 is 0. The van der Waals surface area contributed by atoms with Crippen molar-refractivity contribution >= 4 is 22.5 Å². The van der Waals surface area contributed by atoms with Crippen LogP contribution < -0.4 is 11.1 Å². The van der Waals surface area contributed by atoms with E-state index >= 15 is 0 Å². The average Bonchev–Trinajstić information content (AvgIpc) is 3.01. The molecule has 2 aromatic carbocycles. The fraction of sp³-hybridized carbons (Fsp3) is 0.111. The summed E-state index contributed by atoms with van der Waals surface area (Å²) >= 11 is 0. The summed E-state index contributed by atoms with van der Waals surface area (Å²) in [6, 6.07) is 14.1. The van der Waals surface area contributed by atoms with E-state index in [1.165, 1.54) is 0 Å². The summed E-state index contributed by atoms with van der Waals surface area (Å²) in [5.41, 5.74) is 11.0. The fourth-order valence-electron chi connectivity index (χ4n) is 3.02. The number of carbonyl (C=O) groups is 1. The highest BCUT2D eigenvalue weighted by atomic mass is 16.1. The van der Waals surface area contributed by atoms with E-state index in [1.807, 2.05) is 36.5 Å². The van der Waals surface area contributed by atoms with E-state index in [0.717, 1.165) is 46.2 Å². The first-order valence-electron chi connectivity index (χ1n) is 7.28. The highest BCUT2D eigenvalue weighted by molar-refractivity contribution is 6.01. The highest BCUT2D eigenvalue weighted by Gasteiger charge is 2.19. The Labute approximate surface area is 128 Å². The number of nitrogens with one attached hydrogen (secondary N) is 1. The first kappa shape index (κ1) is 12.8. The lowest BCUT2D eigenvalue weighted by Crippen LogP contribution is -2.13. The molecule has 1 aliphatic rings. The van der Waals surface area contributed by atoms with Crippen molar-refractivity contribution in [2.45, 2.75) is 6.42 Å². The largest absolute Gasteiger partial charge is 0.384 e. The third kappa shape index (κ3) is 2.00. The van der Waals surface area contributed by atoms with Gasteiger partial charge < -0.3 is 11.1 Å². The van der Waals surface area contributed by atoms with Crippen molar-refractivity contribution in [1.82, 2.24) is 4.98 Å². The van der Waals surface area contributed by atoms with Gasteiger partial charge in [0.25, 0.3) is 5.91 Å². The second kappa shape index (κ2) is 4.84. The Morgan fingerprint density at radius 2 is 2.00 bits per heavy atom. The number of nitrogens with zero attached hydrogens (tertiary/aromatic N) is 1. The first-order valence-corrected chi connectivity index (χ1v) is 7.28. The summed E-state index contributed by atoms with van der Waals surface area (Å²) in [5.74, 6) is -0.402. The Morgan fingerprint density at radius 3 is 2.86 bits per heavy atom. The maximum Gasteiger partial charge on any atom is 0.250 e. The van der Waals surface area contributed by atoms with Crippen LogP contribution in [0.4, 0.5) is 5.69 Å². The van der Waals surface area contributed by atoms with Gasteiger partial charge in [0, 0.05) is 23.7 Å². The number of nitrogens with two attached hydrogens (primary N) is 1. The van der Waals surface area contributed by atoms with Crippen LogP contribution in [-0.2, 0) is 6.42 Å². The van der Waals surface area contributed by atoms with Crippen molar-refractivity contribution < 1.29 is 4.79 Å². The molecule has 0 bridgehead atoms. The number of anilines is 1. The number of carbonyl (C=O) groups excluding carboxylic acids is 1. The topological polar surface area (TPSA) is 68.0 Å². The molecule has 22 heavy (non-hydrogen) atoms. The number of benzene rings is 2. The lowest BCUT2D eigenvalue weighted by molar-refractivity contribution is 0.100. The van der Waals surface area contributed by atoms with Crippen LogP contribution in [-0.4, -0.2) is 17.4 Å². The van der Waals surface area contributed by atoms with Crippen LogP contribution in [0.5, 0.6) is 0 Å². The number of primary amides is 1. The molecule has 0 aliphatic carbocycles. The number of rotatable bonds is 2. The van der Waals surface area contributed by atoms with Crippen molar-refractivity contribution in [1.29, 1.82) is 0 Å². The molecule has 1 aliphatic heterocycles. The van der Waals surface area contributed by atoms with Crippen molar-refractivity contribution in [3.8, 4) is 11.1 Å². The van der Waals surface area contributed by atoms with Crippen molar-refractivity contribution in [2.75, 3.05) is 11.9 Å². The Balaban J connectivity index is 1.91. The molecule has 0 saturated carbocycles. The molecule has 108 valence electrons. The minimum absolute atomic E-state index is 0.402. The van der Waals surface area contributed by atoms with E-state index in [9.17, 15) is 4.79 Å². The van der Waals surface area contributed by atoms with Crippen molar-refractivity contribution in [3.05, 3.63) is 59.8 Å². The van der Waals surface area contributed by atoms with E-state index in [4.69, 9.17) is 5.73 Å². The number of aromatic nitrogens is 1. The molecule has 4 heteroatoms. The lowest BCUT2D eigenvalue weighted by atomic mass is 9.97. The molecular formula is C18H15N3O. The smallest absolute Gasteiger partial charge is 0.250 e. The second-order valence-corrected chi connectivity index (χ2v) is 5.52. The van der Waals surface area contributed by atoms with Crippen LogP contribution in [0.2, 0.25) is 0 Å². The summed E-state index contributed by atoms with van der Waals surface area (Å²) in [7, 11) is 0. The van der Waals surface area contributed by atoms with Gasteiger partial charge >= 0.3 is 0 Å². The van der Waals surface area contributed by atoms with E-state index in [1.54, 1.807) is 0 Å². The monoisotopic (exact) mass is 289 g/mol. The van der Waals surface area contributed by atoms with Crippen LogP contribution in [0, 0.1) is 0 Å². The molecule has 0 saturated heterocycles. The van der Waals surface area contributed by atoms with Gasteiger partial charge in [-0.05, 0) is 41.8 Å². The standard InChI is InChI=1S/C18H15N3O/c19-18(22)15-9-13(8-12-5-6-20-17(12)15)14-7-11-3-1-2-4-16(11)21-10-14/h1-4,7-10,20H,5-6H2,(H2,19,22). The molecule has 3 aromatic rings. The summed E-state index contributed by atoms with van der Waals surface area (Å²) in [6.07, 6.45) is 2.75. The normalized spacial score (nSPS) is 12.9. The van der Waals surface area contributed by atoms with Gasteiger partial charge in [0.05, 0.1) is 16.8 Å². The van der Waals surface area contributed by atoms with Crippen LogP contribution in [0.3, 0.4) is 0 Å². The number of hydrogen-bond donors (Lipinski definition) is 2. The van der Waals surface area contributed by atoms with E-state index in [0.29, 0.717) is 5.56 Å². The fourth-order valence-corrected chi connectivity index (χ4v) is 3.02. The molecule has 2 heterocycles. The molecule has 0 radical (unpaired) electrons. The maximum atomic E-state index is 11.7. The zero-order valence-corrected chi connectivity index (χ0v) is 12.0. The van der Waals surface area contributed by atoms with Crippen molar-refractivity contribution in [2.24, 2.45) is 5.73 Å². The Bertz CT molecular complexity index is 902. The maximum absolute atomic E-state index is 11.7. The summed E-state index contributed by atoms with van der Waals surface area (Å²) in [5, 5.41) is 4.32. The molecule has 1 aromatic heterocycles. The SMILES string of the molecule is NC(=O)c1cc(-c2cnc3ccccc3c2)cc2c1NCC2. The van der Waals surface area contributed by atoms with Gasteiger partial charge in [0.15, 0.2) is 0 Å². The van der Waals surface area contributed by atoms with Crippen molar-refractivity contribution in [3.63, 3.8) is 0 Å². The number of hydrogen-bond acceptors (Lipinski definition) is 3. The zero-order chi connectivity index (χ0) is 15.1. The number of pyridine rings is 1. The Hall–Kier alpha value is -2.88. The third-order valence-electron chi connectivity index (χ3n) is 4.11. The molecule has 0 unspecified atom stereocenters. The molecule has 0 spiro atoms. The highest BCUT2D eigenvalue weighted by Crippen LogP contribution is 2.33. The van der Waals surface area contributed by atoms with Crippen LogP contribution >= 0.6 is 0 Å². The average molecular weight is 289 g/mol. The molecule has 4 rings (SSSR count). The van der Waals surface area contributed by atoms with Crippen LogP contribution in [0.1, 0.15) is 15.9 Å². The quantitative estimate of drug-likeness (QED) is 0.762. The summed E-state index contributed by atoms with van der Waals surface area (Å²) in [6.45, 7) is 0.842. The third-order valence-corrected chi connectivity index (χ3v) is 4.11. The van der Waals surface area contributed by atoms with Gasteiger partial charge in [0.2, 0.25) is 0 Å². The number of amides is 1. The molecule has 0 atom stereocenters. The predicted molar refractivity (Wildman–Crippen MR) is 87.9 cm³/mol. The van der Waals surface area contributed by atoms with Gasteiger partial charge in [-0.15, -0.1) is 0 Å². The van der Waals surface area contributed by atoms with E-state index < -0.39 is 5.91 Å². The molecule has 4 nitrogen and oxygen atoms in total. The first-order chi connectivity index (χ1) is 10.7. The van der Waals surface area contributed by atoms with Gasteiger partial charge in [-0.2, -0.15) is 0 Å². The zero-order valence-electron chi connectivity index (χ0n) is 12.0. The number of para-hydroxylation sites is 1.